The molecule has 1 unspecified atom stereocenters. The predicted molar refractivity (Wildman–Crippen MR) is 127 cm³/mol. The molecule has 2 aliphatic heterocycles. The third-order valence-corrected chi connectivity index (χ3v) is 5.91. The molecule has 5 nitrogen and oxygen atoms in total. The van der Waals surface area contributed by atoms with E-state index in [1.54, 1.807) is 6.07 Å². The summed E-state index contributed by atoms with van der Waals surface area (Å²) in [6.07, 6.45) is 0. The van der Waals surface area contributed by atoms with Crippen LogP contribution in [0.15, 0.2) is 48.5 Å². The molecule has 8 heteroatoms. The van der Waals surface area contributed by atoms with Crippen LogP contribution in [0.3, 0.4) is 0 Å². The molecule has 0 radical (unpaired) electrons. The fraction of sp³-hybridized carbons (Fsp3) is 0.435. The molecule has 2 heterocycles. The topological polar surface area (TPSA) is 38.8 Å². The first-order valence-corrected chi connectivity index (χ1v) is 10.4. The van der Waals surface area contributed by atoms with Crippen LogP contribution in [0.5, 0.6) is 0 Å². The van der Waals surface area contributed by atoms with Gasteiger partial charge in [0.05, 0.1) is 6.04 Å². The summed E-state index contributed by atoms with van der Waals surface area (Å²) in [5.74, 6) is -0.254. The fourth-order valence-electron chi connectivity index (χ4n) is 4.19. The number of amides is 1. The van der Waals surface area contributed by atoms with E-state index in [1.807, 2.05) is 29.2 Å². The van der Waals surface area contributed by atoms with E-state index in [9.17, 15) is 9.18 Å². The second kappa shape index (κ2) is 11.8. The molecule has 2 saturated heterocycles. The van der Waals surface area contributed by atoms with E-state index in [-0.39, 0.29) is 42.6 Å². The van der Waals surface area contributed by atoms with Crippen molar-refractivity contribution in [3.8, 4) is 0 Å². The van der Waals surface area contributed by atoms with Crippen LogP contribution < -0.4 is 5.32 Å². The molecular weight excluding hydrogens is 438 g/mol. The normalized spacial score (nSPS) is 19.9. The lowest BCUT2D eigenvalue weighted by Gasteiger charge is -2.37. The lowest BCUT2D eigenvalue weighted by Crippen LogP contribution is -2.48. The molecule has 0 bridgehead atoms. The maximum Gasteiger partial charge on any atom is 0.254 e. The standard InChI is InChI=1S/C23H29FN4O.2ClH/c1-26-10-12-27(13-11-26)17-18-4-2-6-20(14-18)23(29)28-9-8-25-16-22(28)19-5-3-7-21(24)15-19;;/h2-7,14-15,22,25H,8-13,16-17H2,1H3;2*1H. The van der Waals surface area contributed by atoms with Crippen LogP contribution in [0.4, 0.5) is 4.39 Å². The lowest BCUT2D eigenvalue weighted by atomic mass is 10.0. The maximum atomic E-state index is 13.7. The van der Waals surface area contributed by atoms with Crippen LogP contribution in [0.25, 0.3) is 0 Å². The minimum Gasteiger partial charge on any atom is -0.329 e. The van der Waals surface area contributed by atoms with Crippen molar-refractivity contribution < 1.29 is 9.18 Å². The molecule has 1 N–H and O–H groups in total. The van der Waals surface area contributed by atoms with Gasteiger partial charge < -0.3 is 15.1 Å². The summed E-state index contributed by atoms with van der Waals surface area (Å²) in [6, 6.07) is 14.4. The van der Waals surface area contributed by atoms with Gasteiger partial charge in [-0.3, -0.25) is 9.69 Å². The number of piperazine rings is 2. The Bertz CT molecular complexity index is 861. The Balaban J connectivity index is 0.00000171. The molecule has 170 valence electrons. The SMILES string of the molecule is CN1CCN(Cc2cccc(C(=O)N3CCNCC3c3cccc(F)c3)c2)CC1.Cl.Cl. The summed E-state index contributed by atoms with van der Waals surface area (Å²) in [4.78, 5) is 20.0. The Morgan fingerprint density at radius 3 is 2.52 bits per heavy atom. The van der Waals surface area contributed by atoms with Crippen LogP contribution in [0.2, 0.25) is 0 Å². The average molecular weight is 469 g/mol. The molecular formula is C23H31Cl2FN4O. The van der Waals surface area contributed by atoms with Crippen molar-refractivity contribution in [1.29, 1.82) is 0 Å². The minimum absolute atomic E-state index is 0. The highest BCUT2D eigenvalue weighted by Gasteiger charge is 2.29. The molecule has 2 aromatic carbocycles. The van der Waals surface area contributed by atoms with E-state index in [4.69, 9.17) is 0 Å². The molecule has 2 aromatic rings. The van der Waals surface area contributed by atoms with Gasteiger partial charge in [-0.15, -0.1) is 24.8 Å². The highest BCUT2D eigenvalue weighted by Crippen LogP contribution is 2.25. The van der Waals surface area contributed by atoms with Gasteiger partial charge in [-0.05, 0) is 42.4 Å². The second-order valence-corrected chi connectivity index (χ2v) is 8.05. The van der Waals surface area contributed by atoms with E-state index in [0.717, 1.165) is 50.4 Å². The molecule has 31 heavy (non-hydrogen) atoms. The summed E-state index contributed by atoms with van der Waals surface area (Å²) in [6.45, 7) is 7.12. The van der Waals surface area contributed by atoms with Crippen molar-refractivity contribution in [1.82, 2.24) is 20.0 Å². The zero-order valence-corrected chi connectivity index (χ0v) is 19.4. The lowest BCUT2D eigenvalue weighted by molar-refractivity contribution is 0.0633. The van der Waals surface area contributed by atoms with Crippen molar-refractivity contribution in [2.45, 2.75) is 12.6 Å². The first-order chi connectivity index (χ1) is 14.1. The Labute approximate surface area is 196 Å². The molecule has 2 fully saturated rings. The molecule has 1 amide bonds. The molecule has 1 atom stereocenters. The van der Waals surface area contributed by atoms with E-state index in [2.05, 4.69) is 28.2 Å². The Morgan fingerprint density at radius 1 is 1.03 bits per heavy atom. The van der Waals surface area contributed by atoms with Gasteiger partial charge in [0.15, 0.2) is 0 Å². The summed E-state index contributed by atoms with van der Waals surface area (Å²) >= 11 is 0. The number of likely N-dealkylation sites (N-methyl/N-ethyl adjacent to an activating group) is 1. The smallest absolute Gasteiger partial charge is 0.254 e. The number of nitrogens with one attached hydrogen (secondary N) is 1. The summed E-state index contributed by atoms with van der Waals surface area (Å²) in [5, 5.41) is 3.33. The number of nitrogens with zero attached hydrogens (tertiary/aromatic N) is 3. The molecule has 0 aromatic heterocycles. The molecule has 0 spiro atoms. The number of carbonyl (C=O) groups is 1. The Morgan fingerprint density at radius 2 is 1.77 bits per heavy atom. The van der Waals surface area contributed by atoms with Crippen molar-refractivity contribution in [2.75, 3.05) is 52.9 Å². The predicted octanol–water partition coefficient (Wildman–Crippen LogP) is 3.20. The zero-order valence-electron chi connectivity index (χ0n) is 17.8. The largest absolute Gasteiger partial charge is 0.329 e. The van der Waals surface area contributed by atoms with Gasteiger partial charge in [-0.2, -0.15) is 0 Å². The van der Waals surface area contributed by atoms with Crippen LogP contribution in [-0.4, -0.2) is 73.5 Å². The monoisotopic (exact) mass is 468 g/mol. The minimum atomic E-state index is -0.269. The summed E-state index contributed by atoms with van der Waals surface area (Å²) < 4.78 is 13.7. The average Bonchev–Trinajstić information content (AvgIpc) is 2.75. The highest BCUT2D eigenvalue weighted by atomic mass is 35.5. The Hall–Kier alpha value is -1.70. The van der Waals surface area contributed by atoms with Crippen LogP contribution in [-0.2, 0) is 6.54 Å². The third-order valence-electron chi connectivity index (χ3n) is 5.91. The first-order valence-electron chi connectivity index (χ1n) is 10.4. The Kier molecular flexibility index (Phi) is 9.72. The van der Waals surface area contributed by atoms with Crippen molar-refractivity contribution >= 4 is 30.7 Å². The van der Waals surface area contributed by atoms with Crippen molar-refractivity contribution in [3.63, 3.8) is 0 Å². The van der Waals surface area contributed by atoms with Crippen molar-refractivity contribution in [3.05, 3.63) is 71.0 Å². The highest BCUT2D eigenvalue weighted by molar-refractivity contribution is 5.94. The number of halogens is 3. The number of hydrogen-bond donors (Lipinski definition) is 1. The quantitative estimate of drug-likeness (QED) is 0.747. The van der Waals surface area contributed by atoms with Crippen LogP contribution >= 0.6 is 24.8 Å². The number of rotatable bonds is 4. The fourth-order valence-corrected chi connectivity index (χ4v) is 4.19. The van der Waals surface area contributed by atoms with E-state index in [0.29, 0.717) is 18.7 Å². The van der Waals surface area contributed by atoms with Gasteiger partial charge >= 0.3 is 0 Å². The van der Waals surface area contributed by atoms with Crippen LogP contribution in [0, 0.1) is 5.82 Å². The molecule has 4 rings (SSSR count). The van der Waals surface area contributed by atoms with Gasteiger partial charge in [0.25, 0.3) is 5.91 Å². The van der Waals surface area contributed by atoms with E-state index < -0.39 is 0 Å². The van der Waals surface area contributed by atoms with Gasteiger partial charge in [-0.1, -0.05) is 24.3 Å². The first kappa shape index (κ1) is 25.6. The van der Waals surface area contributed by atoms with Gasteiger partial charge in [0.2, 0.25) is 0 Å². The molecule has 0 aliphatic carbocycles. The number of hydrogen-bond acceptors (Lipinski definition) is 4. The zero-order chi connectivity index (χ0) is 20.2. The number of carbonyl (C=O) groups excluding carboxylic acids is 1. The summed E-state index contributed by atoms with van der Waals surface area (Å²) in [5.41, 5.74) is 2.71. The van der Waals surface area contributed by atoms with Crippen LogP contribution in [0.1, 0.15) is 27.5 Å². The van der Waals surface area contributed by atoms with Gasteiger partial charge in [0.1, 0.15) is 5.82 Å². The van der Waals surface area contributed by atoms with E-state index in [1.165, 1.54) is 12.1 Å². The number of benzene rings is 2. The van der Waals surface area contributed by atoms with E-state index >= 15 is 0 Å². The molecule has 0 saturated carbocycles. The van der Waals surface area contributed by atoms with Gasteiger partial charge in [-0.25, -0.2) is 4.39 Å². The third kappa shape index (κ3) is 6.40. The second-order valence-electron chi connectivity index (χ2n) is 8.05. The van der Waals surface area contributed by atoms with Gasteiger partial charge in [0, 0.05) is 57.9 Å². The maximum absolute atomic E-state index is 13.7. The van der Waals surface area contributed by atoms with Crippen molar-refractivity contribution in [2.24, 2.45) is 0 Å². The summed E-state index contributed by atoms with van der Waals surface area (Å²) in [7, 11) is 2.15. The molecule has 2 aliphatic rings.